The van der Waals surface area contributed by atoms with Crippen molar-refractivity contribution in [3.05, 3.63) is 47.5 Å². The van der Waals surface area contributed by atoms with E-state index in [0.717, 1.165) is 36.1 Å². The van der Waals surface area contributed by atoms with Crippen molar-refractivity contribution in [3.8, 4) is 11.5 Å². The summed E-state index contributed by atoms with van der Waals surface area (Å²) in [5, 5.41) is 3.10. The summed E-state index contributed by atoms with van der Waals surface area (Å²) in [7, 11) is 0. The Morgan fingerprint density at radius 3 is 2.79 bits per heavy atom. The van der Waals surface area contributed by atoms with Crippen molar-refractivity contribution in [1.82, 2.24) is 4.90 Å². The van der Waals surface area contributed by atoms with Gasteiger partial charge < -0.3 is 14.8 Å². The Hall–Kier alpha value is -3.39. The van der Waals surface area contributed by atoms with Gasteiger partial charge in [-0.3, -0.25) is 19.3 Å². The first-order valence-corrected chi connectivity index (χ1v) is 11.6. The fraction of sp³-hybridized carbons (Fsp3) is 0.400. The first-order chi connectivity index (χ1) is 16.1. The number of aryl methyl sites for hydroxylation is 1. The molecule has 168 valence electrons. The van der Waals surface area contributed by atoms with E-state index in [1.165, 1.54) is 4.90 Å². The molecule has 3 saturated heterocycles. The van der Waals surface area contributed by atoms with Gasteiger partial charge in [-0.05, 0) is 43.5 Å². The van der Waals surface area contributed by atoms with Gasteiger partial charge in [0.25, 0.3) is 0 Å². The Balaban J connectivity index is 1.41. The number of carbonyl (C=O) groups excluding carboxylic acids is 3. The van der Waals surface area contributed by atoms with E-state index in [1.54, 1.807) is 18.2 Å². The summed E-state index contributed by atoms with van der Waals surface area (Å²) in [4.78, 5) is 45.0. The van der Waals surface area contributed by atoms with Crippen molar-refractivity contribution < 1.29 is 23.9 Å². The van der Waals surface area contributed by atoms with Crippen LogP contribution in [0.15, 0.2) is 36.4 Å². The molecule has 0 saturated carbocycles. The van der Waals surface area contributed by atoms with Crippen molar-refractivity contribution in [2.75, 3.05) is 23.6 Å². The zero-order valence-electron chi connectivity index (χ0n) is 18.2. The lowest BCUT2D eigenvalue weighted by molar-refractivity contribution is -0.135. The summed E-state index contributed by atoms with van der Waals surface area (Å²) in [6.07, 6.45) is 2.47. The summed E-state index contributed by atoms with van der Waals surface area (Å²) in [6.45, 7) is 2.86. The Morgan fingerprint density at radius 2 is 1.94 bits per heavy atom. The minimum Gasteiger partial charge on any atom is -0.454 e. The molecule has 8 nitrogen and oxygen atoms in total. The van der Waals surface area contributed by atoms with Gasteiger partial charge in [-0.25, -0.2) is 4.90 Å². The molecular formula is C25H23N3O5. The van der Waals surface area contributed by atoms with Gasteiger partial charge >= 0.3 is 0 Å². The highest BCUT2D eigenvalue weighted by Crippen LogP contribution is 2.61. The molecule has 1 spiro atoms. The average molecular weight is 445 g/mol. The van der Waals surface area contributed by atoms with Gasteiger partial charge in [-0.1, -0.05) is 25.1 Å². The van der Waals surface area contributed by atoms with E-state index in [9.17, 15) is 14.4 Å². The summed E-state index contributed by atoms with van der Waals surface area (Å²) < 4.78 is 10.9. The molecular weight excluding hydrogens is 422 g/mol. The number of para-hydroxylation sites is 1. The molecule has 33 heavy (non-hydrogen) atoms. The summed E-state index contributed by atoms with van der Waals surface area (Å²) in [5.74, 6) is -0.937. The number of fused-ring (bicyclic) bond motifs is 8. The van der Waals surface area contributed by atoms with Gasteiger partial charge in [0, 0.05) is 23.4 Å². The van der Waals surface area contributed by atoms with Gasteiger partial charge in [0.1, 0.15) is 5.54 Å². The topological polar surface area (TPSA) is 88.2 Å². The molecule has 8 heteroatoms. The third-order valence-corrected chi connectivity index (χ3v) is 8.11. The molecule has 3 fully saturated rings. The Kier molecular flexibility index (Phi) is 3.68. The van der Waals surface area contributed by atoms with Crippen LogP contribution in [0.2, 0.25) is 0 Å². The van der Waals surface area contributed by atoms with Crippen molar-refractivity contribution in [3.63, 3.8) is 0 Å². The van der Waals surface area contributed by atoms with Gasteiger partial charge in [0.2, 0.25) is 24.5 Å². The number of ether oxygens (including phenoxy) is 2. The lowest BCUT2D eigenvalue weighted by Gasteiger charge is -2.36. The van der Waals surface area contributed by atoms with Crippen molar-refractivity contribution in [2.24, 2.45) is 11.8 Å². The Labute approximate surface area is 190 Å². The van der Waals surface area contributed by atoms with E-state index < -0.39 is 17.4 Å². The number of anilines is 2. The fourth-order valence-electron chi connectivity index (χ4n) is 6.86. The Morgan fingerprint density at radius 1 is 1.09 bits per heavy atom. The van der Waals surface area contributed by atoms with Crippen LogP contribution in [0.4, 0.5) is 11.4 Å². The zero-order chi connectivity index (χ0) is 22.5. The van der Waals surface area contributed by atoms with E-state index in [4.69, 9.17) is 9.47 Å². The number of nitrogens with one attached hydrogen (secondary N) is 1. The number of benzene rings is 2. The van der Waals surface area contributed by atoms with Crippen LogP contribution in [-0.4, -0.2) is 42.0 Å². The molecule has 0 aliphatic carbocycles. The average Bonchev–Trinajstić information content (AvgIpc) is 3.59. The summed E-state index contributed by atoms with van der Waals surface area (Å²) in [5.41, 5.74) is 1.99. The van der Waals surface area contributed by atoms with E-state index in [-0.39, 0.29) is 30.6 Å². The van der Waals surface area contributed by atoms with Gasteiger partial charge in [-0.2, -0.15) is 0 Å². The highest BCUT2D eigenvalue weighted by molar-refractivity contribution is 6.26. The molecule has 2 aromatic rings. The molecule has 0 radical (unpaired) electrons. The number of carbonyl (C=O) groups is 3. The second kappa shape index (κ2) is 6.35. The molecule has 3 amide bonds. The van der Waals surface area contributed by atoms with E-state index >= 15 is 0 Å². The maximum atomic E-state index is 14.0. The molecule has 0 bridgehead atoms. The first kappa shape index (κ1) is 19.1. The normalized spacial score (nSPS) is 31.4. The van der Waals surface area contributed by atoms with Crippen LogP contribution in [0.3, 0.4) is 0 Å². The number of hydrogen-bond donors (Lipinski definition) is 1. The van der Waals surface area contributed by atoms with Crippen LogP contribution >= 0.6 is 0 Å². The summed E-state index contributed by atoms with van der Waals surface area (Å²) in [6, 6.07) is 10.9. The predicted octanol–water partition coefficient (Wildman–Crippen LogP) is 2.41. The molecule has 4 atom stereocenters. The maximum Gasteiger partial charge on any atom is 0.250 e. The van der Waals surface area contributed by atoms with Gasteiger partial charge in [0.15, 0.2) is 11.5 Å². The zero-order valence-corrected chi connectivity index (χ0v) is 18.2. The fourth-order valence-corrected chi connectivity index (χ4v) is 6.86. The van der Waals surface area contributed by atoms with Crippen LogP contribution in [-0.2, 0) is 26.3 Å². The van der Waals surface area contributed by atoms with Crippen LogP contribution < -0.4 is 19.7 Å². The first-order valence-electron chi connectivity index (χ1n) is 11.6. The molecule has 5 aliphatic heterocycles. The van der Waals surface area contributed by atoms with Gasteiger partial charge in [0.05, 0.1) is 17.5 Å². The monoisotopic (exact) mass is 445 g/mol. The van der Waals surface area contributed by atoms with Crippen molar-refractivity contribution >= 4 is 29.1 Å². The lowest BCUT2D eigenvalue weighted by atomic mass is 9.75. The molecule has 7 rings (SSSR count). The highest BCUT2D eigenvalue weighted by Gasteiger charge is 2.74. The third-order valence-electron chi connectivity index (χ3n) is 8.11. The molecule has 5 aliphatic rings. The van der Waals surface area contributed by atoms with Crippen molar-refractivity contribution in [2.45, 2.75) is 37.8 Å². The molecule has 0 aromatic heterocycles. The third kappa shape index (κ3) is 2.13. The molecule has 0 unspecified atom stereocenters. The van der Waals surface area contributed by atoms with Crippen LogP contribution in [0, 0.1) is 11.8 Å². The minimum atomic E-state index is -1.15. The van der Waals surface area contributed by atoms with E-state index in [2.05, 4.69) is 17.1 Å². The number of nitrogens with zero attached hydrogens (tertiary/aromatic N) is 2. The summed E-state index contributed by atoms with van der Waals surface area (Å²) >= 11 is 0. The molecule has 5 heterocycles. The number of imide groups is 1. The standard InChI is InChI=1S/C25H23N3O5/c1-2-13-5-3-6-15-21(13)26-24(31)25(15)20-19(16-7-4-10-27(16)25)22(29)28(23(20)30)14-8-9-17-18(11-14)33-12-32-17/h3,5-6,8-9,11,16,19-20H,2,4,7,10,12H2,1H3,(H,26,31)/t16-,19+,20-,25+/m0/s1. The lowest BCUT2D eigenvalue weighted by Crippen LogP contribution is -2.54. The van der Waals surface area contributed by atoms with Crippen LogP contribution in [0.5, 0.6) is 11.5 Å². The molecule has 2 aromatic carbocycles. The van der Waals surface area contributed by atoms with Crippen LogP contribution in [0.25, 0.3) is 0 Å². The van der Waals surface area contributed by atoms with Crippen molar-refractivity contribution in [1.29, 1.82) is 0 Å². The largest absolute Gasteiger partial charge is 0.454 e. The smallest absolute Gasteiger partial charge is 0.250 e. The number of rotatable bonds is 2. The highest BCUT2D eigenvalue weighted by atomic mass is 16.7. The van der Waals surface area contributed by atoms with E-state index in [0.29, 0.717) is 23.7 Å². The predicted molar refractivity (Wildman–Crippen MR) is 118 cm³/mol. The van der Waals surface area contributed by atoms with Gasteiger partial charge in [-0.15, -0.1) is 0 Å². The number of hydrogen-bond acceptors (Lipinski definition) is 6. The minimum absolute atomic E-state index is 0.114. The van der Waals surface area contributed by atoms with E-state index in [1.807, 2.05) is 18.2 Å². The maximum absolute atomic E-state index is 14.0. The second-order valence-electron chi connectivity index (χ2n) is 9.37. The Bertz CT molecular complexity index is 1260. The van der Waals surface area contributed by atoms with Crippen LogP contribution in [0.1, 0.15) is 30.9 Å². The SMILES string of the molecule is CCc1cccc2c1NC(=O)[C@]21[C@@H]2C(=O)N(c3ccc4c(c3)OCO4)C(=O)[C@@H]2[C@@H]2CCCN21. The molecule has 1 N–H and O–H groups in total. The number of amides is 3. The quantitative estimate of drug-likeness (QED) is 0.715. The second-order valence-corrected chi connectivity index (χ2v) is 9.37.